The predicted octanol–water partition coefficient (Wildman–Crippen LogP) is 4.63. The van der Waals surface area contributed by atoms with Gasteiger partial charge >= 0.3 is 0 Å². The zero-order valence-corrected chi connectivity index (χ0v) is 15.2. The molecule has 0 aliphatic heterocycles. The van der Waals surface area contributed by atoms with Crippen molar-refractivity contribution in [2.24, 2.45) is 0 Å². The fourth-order valence-corrected chi connectivity index (χ4v) is 4.07. The standard InChI is InChI=1S/C17H18N2O2S2/c1-9-10(2)21-11(3)16(9)17(20)18-7-13-5-6-15(23-13)14-8-22-12(4)19-14/h5-6,8H,7H2,1-4H3,(H,18,20). The number of hydrogen-bond donors (Lipinski definition) is 1. The number of amides is 1. The molecule has 0 radical (unpaired) electrons. The second-order valence-electron chi connectivity index (χ2n) is 5.41. The van der Waals surface area contributed by atoms with Gasteiger partial charge in [0.2, 0.25) is 0 Å². The fourth-order valence-electron chi connectivity index (χ4n) is 2.47. The van der Waals surface area contributed by atoms with Crippen molar-refractivity contribution in [3.8, 4) is 10.6 Å². The van der Waals surface area contributed by atoms with E-state index < -0.39 is 0 Å². The molecule has 0 atom stereocenters. The minimum Gasteiger partial charge on any atom is -0.466 e. The Morgan fingerprint density at radius 2 is 2.00 bits per heavy atom. The van der Waals surface area contributed by atoms with Crippen LogP contribution in [-0.2, 0) is 6.54 Å². The van der Waals surface area contributed by atoms with E-state index in [1.807, 2.05) is 33.8 Å². The van der Waals surface area contributed by atoms with Gasteiger partial charge in [-0.3, -0.25) is 4.79 Å². The van der Waals surface area contributed by atoms with Crippen LogP contribution in [0.5, 0.6) is 0 Å². The lowest BCUT2D eigenvalue weighted by Crippen LogP contribution is -2.23. The largest absolute Gasteiger partial charge is 0.466 e. The Morgan fingerprint density at radius 3 is 2.61 bits per heavy atom. The van der Waals surface area contributed by atoms with Gasteiger partial charge in [-0.2, -0.15) is 0 Å². The van der Waals surface area contributed by atoms with Gasteiger partial charge in [0.05, 0.1) is 27.7 Å². The summed E-state index contributed by atoms with van der Waals surface area (Å²) < 4.78 is 5.52. The van der Waals surface area contributed by atoms with E-state index in [1.54, 1.807) is 22.7 Å². The smallest absolute Gasteiger partial charge is 0.255 e. The Hall–Kier alpha value is -1.92. The third kappa shape index (κ3) is 3.23. The zero-order chi connectivity index (χ0) is 16.6. The van der Waals surface area contributed by atoms with Gasteiger partial charge in [0.25, 0.3) is 5.91 Å². The Balaban J connectivity index is 1.69. The quantitative estimate of drug-likeness (QED) is 0.749. The van der Waals surface area contributed by atoms with Crippen LogP contribution >= 0.6 is 22.7 Å². The lowest BCUT2D eigenvalue weighted by molar-refractivity contribution is 0.0949. The molecule has 1 amide bonds. The molecule has 3 heterocycles. The molecule has 120 valence electrons. The lowest BCUT2D eigenvalue weighted by atomic mass is 10.1. The molecule has 0 aliphatic carbocycles. The fraction of sp³-hybridized carbons (Fsp3) is 0.294. The lowest BCUT2D eigenvalue weighted by Gasteiger charge is -2.03. The molecular formula is C17H18N2O2S2. The van der Waals surface area contributed by atoms with Crippen molar-refractivity contribution in [3.05, 3.63) is 50.0 Å². The average Bonchev–Trinajstić information content (AvgIpc) is 3.18. The van der Waals surface area contributed by atoms with Crippen molar-refractivity contribution in [1.82, 2.24) is 10.3 Å². The summed E-state index contributed by atoms with van der Waals surface area (Å²) in [5, 5.41) is 6.09. The van der Waals surface area contributed by atoms with Crippen molar-refractivity contribution in [2.75, 3.05) is 0 Å². The first-order valence-electron chi connectivity index (χ1n) is 7.31. The van der Waals surface area contributed by atoms with Gasteiger partial charge < -0.3 is 9.73 Å². The number of aryl methyl sites for hydroxylation is 3. The van der Waals surface area contributed by atoms with Crippen LogP contribution in [0.3, 0.4) is 0 Å². The molecular weight excluding hydrogens is 328 g/mol. The maximum Gasteiger partial charge on any atom is 0.255 e. The first-order chi connectivity index (χ1) is 11.0. The SMILES string of the molecule is Cc1nc(-c2ccc(CNC(=O)c3c(C)oc(C)c3C)s2)cs1. The number of carbonyl (C=O) groups excluding carboxylic acids is 1. The number of hydrogen-bond acceptors (Lipinski definition) is 5. The molecule has 23 heavy (non-hydrogen) atoms. The molecule has 6 heteroatoms. The van der Waals surface area contributed by atoms with Crippen LogP contribution in [0.4, 0.5) is 0 Å². The number of carbonyl (C=O) groups is 1. The molecule has 0 aromatic carbocycles. The molecule has 0 spiro atoms. The Labute approximate surface area is 143 Å². The Morgan fingerprint density at radius 1 is 1.22 bits per heavy atom. The van der Waals surface area contributed by atoms with Crippen LogP contribution in [-0.4, -0.2) is 10.9 Å². The molecule has 3 aromatic rings. The number of furan rings is 1. The van der Waals surface area contributed by atoms with Crippen molar-refractivity contribution in [1.29, 1.82) is 0 Å². The number of nitrogens with zero attached hydrogens (tertiary/aromatic N) is 1. The van der Waals surface area contributed by atoms with Gasteiger partial charge in [0.1, 0.15) is 11.5 Å². The summed E-state index contributed by atoms with van der Waals surface area (Å²) in [4.78, 5) is 19.1. The summed E-state index contributed by atoms with van der Waals surface area (Å²) in [5.74, 6) is 1.38. The third-order valence-corrected chi connectivity index (χ3v) is 5.63. The van der Waals surface area contributed by atoms with E-state index in [0.29, 0.717) is 17.9 Å². The van der Waals surface area contributed by atoms with E-state index in [9.17, 15) is 4.79 Å². The van der Waals surface area contributed by atoms with Crippen molar-refractivity contribution in [3.63, 3.8) is 0 Å². The first-order valence-corrected chi connectivity index (χ1v) is 9.01. The number of nitrogens with one attached hydrogen (secondary N) is 1. The third-order valence-electron chi connectivity index (χ3n) is 3.74. The molecule has 0 unspecified atom stereocenters. The summed E-state index contributed by atoms with van der Waals surface area (Å²) in [6.07, 6.45) is 0. The molecule has 0 bridgehead atoms. The Kier molecular flexibility index (Phi) is 4.37. The van der Waals surface area contributed by atoms with Crippen molar-refractivity contribution in [2.45, 2.75) is 34.2 Å². The highest BCUT2D eigenvalue weighted by molar-refractivity contribution is 7.16. The van der Waals surface area contributed by atoms with E-state index in [4.69, 9.17) is 4.42 Å². The predicted molar refractivity (Wildman–Crippen MR) is 94.3 cm³/mol. The molecule has 0 fully saturated rings. The van der Waals surface area contributed by atoms with Gasteiger partial charge in [0.15, 0.2) is 0 Å². The minimum atomic E-state index is -0.0868. The Bertz CT molecular complexity index is 858. The van der Waals surface area contributed by atoms with Crippen LogP contribution in [0.25, 0.3) is 10.6 Å². The molecule has 0 saturated carbocycles. The van der Waals surface area contributed by atoms with E-state index in [-0.39, 0.29) is 5.91 Å². The van der Waals surface area contributed by atoms with Gasteiger partial charge in [0, 0.05) is 15.8 Å². The summed E-state index contributed by atoms with van der Waals surface area (Å²) in [7, 11) is 0. The minimum absolute atomic E-state index is 0.0868. The topological polar surface area (TPSA) is 55.1 Å². The van der Waals surface area contributed by atoms with E-state index in [1.165, 1.54) is 0 Å². The number of thiophene rings is 1. The number of thiazole rings is 1. The molecule has 0 saturated heterocycles. The maximum absolute atomic E-state index is 12.4. The summed E-state index contributed by atoms with van der Waals surface area (Å²) >= 11 is 3.30. The number of aromatic nitrogens is 1. The van der Waals surface area contributed by atoms with Crippen molar-refractivity contribution >= 4 is 28.6 Å². The molecule has 0 aliphatic rings. The first kappa shape index (κ1) is 16.0. The maximum atomic E-state index is 12.4. The highest BCUT2D eigenvalue weighted by Gasteiger charge is 2.18. The second kappa shape index (κ2) is 6.29. The van der Waals surface area contributed by atoms with E-state index in [2.05, 4.69) is 21.7 Å². The van der Waals surface area contributed by atoms with E-state index >= 15 is 0 Å². The monoisotopic (exact) mass is 346 g/mol. The van der Waals surface area contributed by atoms with Gasteiger partial charge in [-0.1, -0.05) is 0 Å². The van der Waals surface area contributed by atoms with Gasteiger partial charge in [-0.25, -0.2) is 4.98 Å². The molecule has 3 rings (SSSR count). The van der Waals surface area contributed by atoms with Crippen LogP contribution < -0.4 is 5.32 Å². The van der Waals surface area contributed by atoms with Gasteiger partial charge in [-0.05, 0) is 39.8 Å². The normalized spacial score (nSPS) is 11.0. The van der Waals surface area contributed by atoms with Gasteiger partial charge in [-0.15, -0.1) is 22.7 Å². The highest BCUT2D eigenvalue weighted by atomic mass is 32.1. The van der Waals surface area contributed by atoms with Crippen LogP contribution in [0.2, 0.25) is 0 Å². The number of rotatable bonds is 4. The summed E-state index contributed by atoms with van der Waals surface area (Å²) in [5.41, 5.74) is 2.56. The second-order valence-corrected chi connectivity index (χ2v) is 7.65. The molecule has 1 N–H and O–H groups in total. The molecule has 4 nitrogen and oxygen atoms in total. The summed E-state index contributed by atoms with van der Waals surface area (Å²) in [6.45, 7) is 8.12. The summed E-state index contributed by atoms with van der Waals surface area (Å²) in [6, 6.07) is 4.09. The van der Waals surface area contributed by atoms with Crippen LogP contribution in [0.1, 0.15) is 37.3 Å². The van der Waals surface area contributed by atoms with Crippen LogP contribution in [0, 0.1) is 27.7 Å². The average molecular weight is 346 g/mol. The van der Waals surface area contributed by atoms with Crippen molar-refractivity contribution < 1.29 is 9.21 Å². The molecule has 3 aromatic heterocycles. The highest BCUT2D eigenvalue weighted by Crippen LogP contribution is 2.29. The zero-order valence-electron chi connectivity index (χ0n) is 13.5. The van der Waals surface area contributed by atoms with E-state index in [0.717, 1.165) is 31.8 Å². The van der Waals surface area contributed by atoms with Crippen LogP contribution in [0.15, 0.2) is 21.9 Å².